The second-order valence-corrected chi connectivity index (χ2v) is 9.18. The summed E-state index contributed by atoms with van der Waals surface area (Å²) in [5.74, 6) is 0.608. The molecule has 0 saturated carbocycles. The van der Waals surface area contributed by atoms with E-state index in [0.717, 1.165) is 30.7 Å². The van der Waals surface area contributed by atoms with Gasteiger partial charge in [-0.05, 0) is 37.3 Å². The first-order valence-corrected chi connectivity index (χ1v) is 9.93. The van der Waals surface area contributed by atoms with Crippen LogP contribution in [-0.4, -0.2) is 27.5 Å². The third-order valence-electron chi connectivity index (χ3n) is 3.08. The molecule has 0 aliphatic heterocycles. The molecule has 0 radical (unpaired) electrons. The molecule has 2 N–H and O–H groups in total. The first-order chi connectivity index (χ1) is 9.81. The molecular weight excluding hydrogens is 304 g/mol. The van der Waals surface area contributed by atoms with Crippen molar-refractivity contribution in [3.63, 3.8) is 0 Å². The molecule has 4 nitrogen and oxygen atoms in total. The molecule has 0 aliphatic rings. The smallest absolute Gasteiger partial charge is 0.250 e. The van der Waals surface area contributed by atoms with E-state index in [9.17, 15) is 8.42 Å². The number of hydrogen-bond acceptors (Lipinski definition) is 4. The summed E-state index contributed by atoms with van der Waals surface area (Å²) in [6.07, 6.45) is 2.79. The lowest BCUT2D eigenvalue weighted by molar-refractivity contribution is 0.540. The molecule has 0 bridgehead atoms. The fourth-order valence-electron chi connectivity index (χ4n) is 1.91. The average Bonchev–Trinajstić information content (AvgIpc) is 2.83. The molecule has 1 heterocycles. The number of rotatable bonds is 10. The van der Waals surface area contributed by atoms with Crippen LogP contribution in [0.1, 0.15) is 45.4 Å². The van der Waals surface area contributed by atoms with Crippen LogP contribution in [0.25, 0.3) is 0 Å². The van der Waals surface area contributed by atoms with Crippen LogP contribution in [-0.2, 0) is 16.4 Å². The third-order valence-corrected chi connectivity index (χ3v) is 6.17. The summed E-state index contributed by atoms with van der Waals surface area (Å²) in [5.41, 5.74) is 0. The monoisotopic (exact) mass is 332 g/mol. The van der Waals surface area contributed by atoms with Gasteiger partial charge < -0.3 is 5.32 Å². The lowest BCUT2D eigenvalue weighted by Crippen LogP contribution is -2.24. The zero-order valence-electron chi connectivity index (χ0n) is 13.5. The number of nitrogens with one attached hydrogen (secondary N) is 2. The van der Waals surface area contributed by atoms with Crippen molar-refractivity contribution < 1.29 is 8.42 Å². The summed E-state index contributed by atoms with van der Waals surface area (Å²) in [7, 11) is -3.33. The molecule has 1 aromatic heterocycles. The summed E-state index contributed by atoms with van der Waals surface area (Å²) < 4.78 is 27.4. The number of sulfonamides is 1. The van der Waals surface area contributed by atoms with E-state index in [-0.39, 0.29) is 0 Å². The van der Waals surface area contributed by atoms with Crippen LogP contribution in [0.2, 0.25) is 0 Å². The van der Waals surface area contributed by atoms with Crippen molar-refractivity contribution in [1.82, 2.24) is 10.0 Å². The van der Waals surface area contributed by atoms with E-state index < -0.39 is 10.0 Å². The third kappa shape index (κ3) is 7.40. The molecule has 1 rings (SSSR count). The topological polar surface area (TPSA) is 58.2 Å². The second kappa shape index (κ2) is 8.88. The van der Waals surface area contributed by atoms with Crippen molar-refractivity contribution >= 4 is 21.4 Å². The highest BCUT2D eigenvalue weighted by Gasteiger charge is 2.16. The molecule has 0 fully saturated rings. The van der Waals surface area contributed by atoms with Crippen LogP contribution in [0.3, 0.4) is 0 Å². The van der Waals surface area contributed by atoms with Crippen molar-refractivity contribution in [2.24, 2.45) is 5.92 Å². The van der Waals surface area contributed by atoms with E-state index in [1.54, 1.807) is 6.07 Å². The van der Waals surface area contributed by atoms with Crippen LogP contribution in [0.15, 0.2) is 16.3 Å². The summed E-state index contributed by atoms with van der Waals surface area (Å²) in [6.45, 7) is 9.88. The van der Waals surface area contributed by atoms with Gasteiger partial charge in [-0.2, -0.15) is 0 Å². The molecule has 0 atom stereocenters. The SMILES string of the molecule is CC(C)CCCNS(=O)(=O)c1ccc(CCNC(C)C)s1. The van der Waals surface area contributed by atoms with Crippen LogP contribution in [0.5, 0.6) is 0 Å². The van der Waals surface area contributed by atoms with Crippen LogP contribution in [0, 0.1) is 5.92 Å². The molecule has 1 aromatic rings. The molecule has 0 saturated heterocycles. The van der Waals surface area contributed by atoms with Gasteiger partial charge in [-0.1, -0.05) is 27.7 Å². The second-order valence-electron chi connectivity index (χ2n) is 6.01. The Morgan fingerprint density at radius 1 is 1.14 bits per heavy atom. The van der Waals surface area contributed by atoms with Crippen molar-refractivity contribution in [3.8, 4) is 0 Å². The Hall–Kier alpha value is -0.430. The van der Waals surface area contributed by atoms with E-state index in [4.69, 9.17) is 0 Å². The highest BCUT2D eigenvalue weighted by atomic mass is 32.2. The predicted molar refractivity (Wildman–Crippen MR) is 90.4 cm³/mol. The lowest BCUT2D eigenvalue weighted by atomic mass is 10.1. The van der Waals surface area contributed by atoms with E-state index >= 15 is 0 Å². The Morgan fingerprint density at radius 3 is 2.48 bits per heavy atom. The van der Waals surface area contributed by atoms with Crippen LogP contribution < -0.4 is 10.0 Å². The molecule has 0 aromatic carbocycles. The maximum atomic E-state index is 12.2. The summed E-state index contributed by atoms with van der Waals surface area (Å²) in [6, 6.07) is 4.07. The quantitative estimate of drug-likeness (QED) is 0.648. The van der Waals surface area contributed by atoms with Gasteiger partial charge in [0, 0.05) is 24.0 Å². The summed E-state index contributed by atoms with van der Waals surface area (Å²) in [5, 5.41) is 3.34. The molecule has 0 amide bonds. The molecule has 122 valence electrons. The minimum Gasteiger partial charge on any atom is -0.314 e. The normalized spacial score (nSPS) is 12.5. The molecule has 21 heavy (non-hydrogen) atoms. The maximum Gasteiger partial charge on any atom is 0.250 e. The van der Waals surface area contributed by atoms with Gasteiger partial charge in [0.05, 0.1) is 0 Å². The van der Waals surface area contributed by atoms with Gasteiger partial charge in [-0.3, -0.25) is 0 Å². The molecular formula is C15H28N2O2S2. The molecule has 0 unspecified atom stereocenters. The van der Waals surface area contributed by atoms with E-state index in [1.165, 1.54) is 11.3 Å². The zero-order valence-corrected chi connectivity index (χ0v) is 15.1. The Labute approximate surface area is 133 Å². The molecule has 0 spiro atoms. The van der Waals surface area contributed by atoms with Gasteiger partial charge in [0.2, 0.25) is 10.0 Å². The predicted octanol–water partition coefficient (Wildman–Crippen LogP) is 3.00. The Bertz CT molecular complexity index is 507. The summed E-state index contributed by atoms with van der Waals surface area (Å²) >= 11 is 1.37. The highest BCUT2D eigenvalue weighted by Crippen LogP contribution is 2.21. The zero-order chi connectivity index (χ0) is 15.9. The first kappa shape index (κ1) is 18.6. The fourth-order valence-corrected chi connectivity index (χ4v) is 4.38. The minimum atomic E-state index is -3.33. The Kier molecular flexibility index (Phi) is 7.87. The Balaban J connectivity index is 2.46. The molecule has 6 heteroatoms. The lowest BCUT2D eigenvalue weighted by Gasteiger charge is -2.07. The van der Waals surface area contributed by atoms with E-state index in [0.29, 0.717) is 22.7 Å². The highest BCUT2D eigenvalue weighted by molar-refractivity contribution is 7.91. The van der Waals surface area contributed by atoms with Crippen LogP contribution in [0.4, 0.5) is 0 Å². The fraction of sp³-hybridized carbons (Fsp3) is 0.733. The van der Waals surface area contributed by atoms with E-state index in [1.807, 2.05) is 6.07 Å². The molecule has 0 aliphatic carbocycles. The number of thiophene rings is 1. The van der Waals surface area contributed by atoms with E-state index in [2.05, 4.69) is 37.7 Å². The van der Waals surface area contributed by atoms with Crippen molar-refractivity contribution in [1.29, 1.82) is 0 Å². The van der Waals surface area contributed by atoms with Gasteiger partial charge in [-0.25, -0.2) is 13.1 Å². The van der Waals surface area contributed by atoms with Gasteiger partial charge in [-0.15, -0.1) is 11.3 Å². The van der Waals surface area contributed by atoms with Gasteiger partial charge >= 0.3 is 0 Å². The largest absolute Gasteiger partial charge is 0.314 e. The van der Waals surface area contributed by atoms with Gasteiger partial charge in [0.1, 0.15) is 4.21 Å². The van der Waals surface area contributed by atoms with Crippen LogP contribution >= 0.6 is 11.3 Å². The summed E-state index contributed by atoms with van der Waals surface area (Å²) in [4.78, 5) is 1.10. The Morgan fingerprint density at radius 2 is 1.86 bits per heavy atom. The minimum absolute atomic E-state index is 0.423. The standard InChI is InChI=1S/C15H28N2O2S2/c1-12(2)6-5-10-17-21(18,19)15-8-7-14(20-15)9-11-16-13(3)4/h7-8,12-13,16-17H,5-6,9-11H2,1-4H3. The first-order valence-electron chi connectivity index (χ1n) is 7.63. The van der Waals surface area contributed by atoms with Gasteiger partial charge in [0.25, 0.3) is 0 Å². The van der Waals surface area contributed by atoms with Crippen molar-refractivity contribution in [3.05, 3.63) is 17.0 Å². The van der Waals surface area contributed by atoms with Crippen molar-refractivity contribution in [2.45, 2.75) is 57.2 Å². The maximum absolute atomic E-state index is 12.2. The average molecular weight is 333 g/mol. The van der Waals surface area contributed by atoms with Crippen molar-refractivity contribution in [2.75, 3.05) is 13.1 Å². The van der Waals surface area contributed by atoms with Gasteiger partial charge in [0.15, 0.2) is 0 Å². The number of hydrogen-bond donors (Lipinski definition) is 2.